The number of hydrogen-bond acceptors (Lipinski definition) is 4. The third-order valence-corrected chi connectivity index (χ3v) is 6.88. The lowest BCUT2D eigenvalue weighted by Gasteiger charge is -2.28. The van der Waals surface area contributed by atoms with Crippen LogP contribution in [-0.4, -0.2) is 19.6 Å². The summed E-state index contributed by atoms with van der Waals surface area (Å²) in [5.41, 5.74) is 6.82. The summed E-state index contributed by atoms with van der Waals surface area (Å²) in [6, 6.07) is 16.7. The first-order chi connectivity index (χ1) is 15.0. The van der Waals surface area contributed by atoms with Crippen molar-refractivity contribution in [2.75, 3.05) is 4.90 Å². The summed E-state index contributed by atoms with van der Waals surface area (Å²) in [6.45, 7) is 6.39. The molecule has 5 rings (SSSR count). The second-order valence-corrected chi connectivity index (χ2v) is 9.07. The molecule has 1 saturated heterocycles. The van der Waals surface area contributed by atoms with E-state index in [0.29, 0.717) is 5.11 Å². The fourth-order valence-electron chi connectivity index (χ4n) is 4.36. The highest BCUT2D eigenvalue weighted by molar-refractivity contribution is 7.80. The summed E-state index contributed by atoms with van der Waals surface area (Å²) in [5, 5.41) is 7.24. The molecule has 4 aromatic rings. The van der Waals surface area contributed by atoms with Crippen molar-refractivity contribution in [2.24, 2.45) is 0 Å². The number of pyridine rings is 1. The van der Waals surface area contributed by atoms with E-state index in [9.17, 15) is 0 Å². The van der Waals surface area contributed by atoms with Crippen molar-refractivity contribution in [1.29, 1.82) is 0 Å². The molecule has 1 fully saturated rings. The number of aromatic nitrogens is 3. The number of thiazole rings is 1. The molecule has 0 saturated carbocycles. The predicted molar refractivity (Wildman–Crippen MR) is 130 cm³/mol. The van der Waals surface area contributed by atoms with E-state index in [2.05, 4.69) is 81.9 Å². The molecule has 31 heavy (non-hydrogen) atoms. The van der Waals surface area contributed by atoms with Gasteiger partial charge in [-0.05, 0) is 68.9 Å². The predicted octanol–water partition coefficient (Wildman–Crippen LogP) is 5.43. The normalized spacial score (nSPS) is 18.4. The van der Waals surface area contributed by atoms with E-state index in [-0.39, 0.29) is 12.1 Å². The van der Waals surface area contributed by atoms with Gasteiger partial charge in [0.25, 0.3) is 0 Å². The van der Waals surface area contributed by atoms with Gasteiger partial charge in [0, 0.05) is 34.8 Å². The van der Waals surface area contributed by atoms with Gasteiger partial charge in [0.2, 0.25) is 0 Å². The van der Waals surface area contributed by atoms with Crippen LogP contribution in [0, 0.1) is 20.8 Å². The van der Waals surface area contributed by atoms with Crippen LogP contribution >= 0.6 is 23.6 Å². The molecule has 0 radical (unpaired) electrons. The second-order valence-electron chi connectivity index (χ2n) is 7.81. The van der Waals surface area contributed by atoms with E-state index < -0.39 is 0 Å². The number of benzene rings is 1. The van der Waals surface area contributed by atoms with Gasteiger partial charge < -0.3 is 10.2 Å². The molecule has 0 aliphatic carbocycles. The zero-order valence-electron chi connectivity index (χ0n) is 17.6. The Kier molecular flexibility index (Phi) is 5.08. The van der Waals surface area contributed by atoms with Crippen LogP contribution in [0.2, 0.25) is 0 Å². The molecule has 1 N–H and O–H groups in total. The number of anilines is 1. The fourth-order valence-corrected chi connectivity index (χ4v) is 5.46. The molecule has 7 heteroatoms. The average Bonchev–Trinajstić information content (AvgIpc) is 3.47. The minimum Gasteiger partial charge on any atom is -0.351 e. The smallest absolute Gasteiger partial charge is 0.193 e. The first kappa shape index (κ1) is 19.9. The Morgan fingerprint density at radius 3 is 2.48 bits per heavy atom. The third-order valence-electron chi connectivity index (χ3n) is 5.81. The highest BCUT2D eigenvalue weighted by Gasteiger charge is 2.42. The van der Waals surface area contributed by atoms with Crippen molar-refractivity contribution in [2.45, 2.75) is 32.9 Å². The van der Waals surface area contributed by atoms with Crippen molar-refractivity contribution in [3.8, 4) is 5.13 Å². The van der Waals surface area contributed by atoms with Crippen molar-refractivity contribution < 1.29 is 0 Å². The Hall–Kier alpha value is -3.03. The van der Waals surface area contributed by atoms with E-state index in [0.717, 1.165) is 22.2 Å². The van der Waals surface area contributed by atoms with Gasteiger partial charge >= 0.3 is 0 Å². The zero-order chi connectivity index (χ0) is 21.5. The highest BCUT2D eigenvalue weighted by atomic mass is 32.1. The van der Waals surface area contributed by atoms with Gasteiger partial charge in [-0.2, -0.15) is 0 Å². The van der Waals surface area contributed by atoms with E-state index in [1.165, 1.54) is 16.8 Å². The number of hydrogen-bond donors (Lipinski definition) is 1. The zero-order valence-corrected chi connectivity index (χ0v) is 19.2. The maximum atomic E-state index is 5.84. The number of rotatable bonds is 4. The standard InChI is InChI=1S/C24H23N5S2/c1-15-7-9-18(10-8-15)29-22(21(27-23(29)30)20-6-4-5-11-25-20)19-14-16(2)28(17(19)3)24-26-12-13-31-24/h4-14,21-22H,1-3H3,(H,27,30). The van der Waals surface area contributed by atoms with Crippen molar-refractivity contribution in [1.82, 2.24) is 19.9 Å². The third kappa shape index (κ3) is 3.43. The van der Waals surface area contributed by atoms with E-state index in [1.54, 1.807) is 11.3 Å². The Morgan fingerprint density at radius 1 is 1.00 bits per heavy atom. The van der Waals surface area contributed by atoms with Gasteiger partial charge in [-0.25, -0.2) is 4.98 Å². The summed E-state index contributed by atoms with van der Waals surface area (Å²) in [5.74, 6) is 0. The molecule has 1 aliphatic heterocycles. The second kappa shape index (κ2) is 7.90. The largest absolute Gasteiger partial charge is 0.351 e. The molecule has 2 unspecified atom stereocenters. The van der Waals surface area contributed by atoms with Crippen LogP contribution in [0.1, 0.15) is 40.3 Å². The minimum absolute atomic E-state index is 0.0231. The Morgan fingerprint density at radius 2 is 1.81 bits per heavy atom. The van der Waals surface area contributed by atoms with Crippen LogP contribution in [0.25, 0.3) is 5.13 Å². The van der Waals surface area contributed by atoms with Gasteiger partial charge in [-0.1, -0.05) is 23.8 Å². The lowest BCUT2D eigenvalue weighted by Crippen LogP contribution is -2.29. The van der Waals surface area contributed by atoms with Crippen molar-refractivity contribution in [3.05, 3.63) is 94.5 Å². The molecule has 0 amide bonds. The fraction of sp³-hybridized carbons (Fsp3) is 0.208. The van der Waals surface area contributed by atoms with Crippen LogP contribution < -0.4 is 10.2 Å². The Bertz CT molecular complexity index is 1210. The molecule has 2 atom stereocenters. The molecule has 0 bridgehead atoms. The average molecular weight is 446 g/mol. The molecule has 3 aromatic heterocycles. The molecule has 5 nitrogen and oxygen atoms in total. The molecule has 0 spiro atoms. The Labute approximate surface area is 191 Å². The number of nitrogens with one attached hydrogen (secondary N) is 1. The van der Waals surface area contributed by atoms with Crippen molar-refractivity contribution >= 4 is 34.4 Å². The number of thiocarbonyl (C=S) groups is 1. The van der Waals surface area contributed by atoms with Crippen LogP contribution in [0.15, 0.2) is 66.3 Å². The van der Waals surface area contributed by atoms with Gasteiger partial charge in [-0.15, -0.1) is 11.3 Å². The maximum absolute atomic E-state index is 5.84. The molecule has 1 aliphatic rings. The minimum atomic E-state index is -0.0553. The first-order valence-corrected chi connectivity index (χ1v) is 11.5. The van der Waals surface area contributed by atoms with E-state index >= 15 is 0 Å². The molecule has 1 aromatic carbocycles. The lowest BCUT2D eigenvalue weighted by atomic mass is 9.96. The van der Waals surface area contributed by atoms with Crippen LogP contribution in [0.5, 0.6) is 0 Å². The molecular weight excluding hydrogens is 422 g/mol. The number of aryl methyl sites for hydroxylation is 2. The first-order valence-electron chi connectivity index (χ1n) is 10.2. The lowest BCUT2D eigenvalue weighted by molar-refractivity contribution is 0.565. The maximum Gasteiger partial charge on any atom is 0.193 e. The number of nitrogens with zero attached hydrogens (tertiary/aromatic N) is 4. The van der Waals surface area contributed by atoms with E-state index in [4.69, 9.17) is 12.2 Å². The van der Waals surface area contributed by atoms with Gasteiger partial charge in [0.05, 0.1) is 17.8 Å². The summed E-state index contributed by atoms with van der Waals surface area (Å²) in [4.78, 5) is 11.4. The summed E-state index contributed by atoms with van der Waals surface area (Å²) in [7, 11) is 0. The summed E-state index contributed by atoms with van der Waals surface area (Å²) in [6.07, 6.45) is 3.69. The van der Waals surface area contributed by atoms with Crippen LogP contribution in [0.3, 0.4) is 0 Å². The quantitative estimate of drug-likeness (QED) is 0.424. The van der Waals surface area contributed by atoms with E-state index in [1.807, 2.05) is 29.9 Å². The van der Waals surface area contributed by atoms with Crippen molar-refractivity contribution in [3.63, 3.8) is 0 Å². The summed E-state index contributed by atoms with van der Waals surface area (Å²) < 4.78 is 2.23. The van der Waals surface area contributed by atoms with Gasteiger partial charge in [-0.3, -0.25) is 9.55 Å². The summed E-state index contributed by atoms with van der Waals surface area (Å²) >= 11 is 7.48. The molecular formula is C24H23N5S2. The molecule has 4 heterocycles. The topological polar surface area (TPSA) is 46.0 Å². The van der Waals surface area contributed by atoms with Gasteiger partial charge in [0.1, 0.15) is 0 Å². The van der Waals surface area contributed by atoms with Crippen LogP contribution in [0.4, 0.5) is 5.69 Å². The Balaban J connectivity index is 1.68. The van der Waals surface area contributed by atoms with Crippen LogP contribution in [-0.2, 0) is 0 Å². The molecule has 156 valence electrons. The van der Waals surface area contributed by atoms with Gasteiger partial charge in [0.15, 0.2) is 10.2 Å². The SMILES string of the molecule is Cc1ccc(N2C(=S)NC(c3ccccn3)C2c2cc(C)n(-c3nccs3)c2C)cc1. The monoisotopic (exact) mass is 445 g/mol. The highest BCUT2D eigenvalue weighted by Crippen LogP contribution is 2.43.